The first-order chi connectivity index (χ1) is 6.33. The monoisotopic (exact) mass is 199 g/mol. The zero-order valence-corrected chi connectivity index (χ0v) is 9.47. The van der Waals surface area contributed by atoms with E-state index in [2.05, 4.69) is 36.7 Å². The number of rotatable bonds is 5. The van der Waals surface area contributed by atoms with E-state index >= 15 is 0 Å². The normalized spacial score (nSPS) is 19.3. The van der Waals surface area contributed by atoms with Crippen LogP contribution < -0.4 is 0 Å². The topological polar surface area (TPSA) is 3.24 Å². The molecule has 0 heterocycles. The third-order valence-corrected chi connectivity index (χ3v) is 2.94. The van der Waals surface area contributed by atoms with Crippen LogP contribution in [0.1, 0.15) is 25.7 Å². The molecule has 0 spiro atoms. The van der Waals surface area contributed by atoms with E-state index in [9.17, 15) is 0 Å². The van der Waals surface area contributed by atoms with Crippen molar-refractivity contribution in [2.24, 2.45) is 5.92 Å². The molecule has 0 aromatic rings. The summed E-state index contributed by atoms with van der Waals surface area (Å²) in [7, 11) is 2.21. The molecule has 0 aromatic carbocycles. The van der Waals surface area contributed by atoms with Gasteiger partial charge >= 0.3 is 0 Å². The third-order valence-electron chi connectivity index (χ3n) is 2.73. The summed E-state index contributed by atoms with van der Waals surface area (Å²) in [6, 6.07) is 0. The lowest BCUT2D eigenvalue weighted by molar-refractivity contribution is 0.303. The molecular formula is C11H21NS. The highest BCUT2D eigenvalue weighted by atomic mass is 32.1. The molecule has 0 amide bonds. The van der Waals surface area contributed by atoms with Crippen LogP contribution in [0.4, 0.5) is 0 Å². The van der Waals surface area contributed by atoms with Gasteiger partial charge in [-0.15, -0.1) is 0 Å². The predicted molar refractivity (Wildman–Crippen MR) is 62.4 cm³/mol. The second-order valence-electron chi connectivity index (χ2n) is 4.03. The molecule has 1 aliphatic carbocycles. The Bertz CT molecular complexity index is 150. The van der Waals surface area contributed by atoms with Crippen LogP contribution in [0, 0.1) is 5.92 Å². The van der Waals surface area contributed by atoms with Gasteiger partial charge in [-0.25, -0.2) is 0 Å². The molecule has 0 radical (unpaired) electrons. The minimum Gasteiger partial charge on any atom is -0.302 e. The highest BCUT2D eigenvalue weighted by Crippen LogP contribution is 2.24. The van der Waals surface area contributed by atoms with Gasteiger partial charge in [0.25, 0.3) is 0 Å². The molecule has 0 bridgehead atoms. The minimum absolute atomic E-state index is 0.858. The lowest BCUT2D eigenvalue weighted by Gasteiger charge is -2.18. The summed E-state index contributed by atoms with van der Waals surface area (Å²) in [5.74, 6) is 1.83. The second-order valence-corrected chi connectivity index (χ2v) is 4.39. The molecule has 1 nitrogen and oxygen atoms in total. The Hall–Kier alpha value is 0.0500. The lowest BCUT2D eigenvalue weighted by atomic mass is 10.1. The van der Waals surface area contributed by atoms with Crippen molar-refractivity contribution >= 4 is 12.6 Å². The maximum absolute atomic E-state index is 4.13. The summed E-state index contributed by atoms with van der Waals surface area (Å²) >= 11 is 4.13. The van der Waals surface area contributed by atoms with E-state index in [4.69, 9.17) is 0 Å². The molecular weight excluding hydrogens is 178 g/mol. The maximum Gasteiger partial charge on any atom is 0.0160 e. The molecule has 2 heteroatoms. The molecule has 76 valence electrons. The van der Waals surface area contributed by atoms with Crippen LogP contribution in [-0.4, -0.2) is 30.8 Å². The molecule has 0 atom stereocenters. The number of hydrogen-bond acceptors (Lipinski definition) is 2. The van der Waals surface area contributed by atoms with Crippen LogP contribution in [0.25, 0.3) is 0 Å². The highest BCUT2D eigenvalue weighted by molar-refractivity contribution is 7.80. The molecule has 0 aliphatic heterocycles. The fourth-order valence-electron chi connectivity index (χ4n) is 2.04. The fourth-order valence-corrected chi connectivity index (χ4v) is 2.19. The maximum atomic E-state index is 4.13. The largest absolute Gasteiger partial charge is 0.302 e. The Balaban J connectivity index is 2.09. The average molecular weight is 199 g/mol. The zero-order valence-electron chi connectivity index (χ0n) is 8.58. The SMILES string of the molecule is CN(CC=CCS)CC1CCCC1. The number of hydrogen-bond donors (Lipinski definition) is 1. The molecule has 0 unspecified atom stereocenters. The predicted octanol–water partition coefficient (Wildman–Crippen LogP) is 2.59. The van der Waals surface area contributed by atoms with Gasteiger partial charge in [0.2, 0.25) is 0 Å². The summed E-state index contributed by atoms with van der Waals surface area (Å²) in [6.45, 7) is 2.36. The molecule has 1 fully saturated rings. The molecule has 1 rings (SSSR count). The fraction of sp³-hybridized carbons (Fsp3) is 0.818. The van der Waals surface area contributed by atoms with Crippen molar-refractivity contribution in [3.63, 3.8) is 0 Å². The van der Waals surface area contributed by atoms with Crippen LogP contribution in [0.15, 0.2) is 12.2 Å². The first-order valence-corrected chi connectivity index (χ1v) is 5.90. The highest BCUT2D eigenvalue weighted by Gasteiger charge is 2.15. The van der Waals surface area contributed by atoms with E-state index in [1.807, 2.05) is 0 Å². The van der Waals surface area contributed by atoms with Crippen molar-refractivity contribution < 1.29 is 0 Å². The van der Waals surface area contributed by atoms with E-state index in [0.717, 1.165) is 18.2 Å². The molecule has 1 saturated carbocycles. The lowest BCUT2D eigenvalue weighted by Crippen LogP contribution is -2.24. The Morgan fingerprint density at radius 2 is 2.00 bits per heavy atom. The van der Waals surface area contributed by atoms with Crippen molar-refractivity contribution in [3.8, 4) is 0 Å². The minimum atomic E-state index is 0.858. The summed E-state index contributed by atoms with van der Waals surface area (Å²) in [5.41, 5.74) is 0. The first kappa shape index (κ1) is 11.1. The van der Waals surface area contributed by atoms with Crippen molar-refractivity contribution in [2.75, 3.05) is 25.9 Å². The third kappa shape index (κ3) is 4.72. The number of nitrogens with zero attached hydrogens (tertiary/aromatic N) is 1. The van der Waals surface area contributed by atoms with E-state index < -0.39 is 0 Å². The van der Waals surface area contributed by atoms with Gasteiger partial charge < -0.3 is 4.90 Å². The Labute approximate surface area is 87.6 Å². The number of likely N-dealkylation sites (N-methyl/N-ethyl adjacent to an activating group) is 1. The molecule has 13 heavy (non-hydrogen) atoms. The van der Waals surface area contributed by atoms with E-state index in [1.165, 1.54) is 32.2 Å². The average Bonchev–Trinajstić information content (AvgIpc) is 2.57. The second kappa shape index (κ2) is 6.50. The molecule has 0 N–H and O–H groups in total. The summed E-state index contributed by atoms with van der Waals surface area (Å²) in [6.07, 6.45) is 10.1. The van der Waals surface area contributed by atoms with Crippen LogP contribution in [0.5, 0.6) is 0 Å². The van der Waals surface area contributed by atoms with Gasteiger partial charge in [-0.1, -0.05) is 25.0 Å². The Morgan fingerprint density at radius 3 is 2.62 bits per heavy atom. The van der Waals surface area contributed by atoms with E-state index in [1.54, 1.807) is 0 Å². The Kier molecular flexibility index (Phi) is 5.56. The Morgan fingerprint density at radius 1 is 1.31 bits per heavy atom. The first-order valence-electron chi connectivity index (χ1n) is 5.27. The van der Waals surface area contributed by atoms with E-state index in [-0.39, 0.29) is 0 Å². The van der Waals surface area contributed by atoms with Crippen LogP contribution in [-0.2, 0) is 0 Å². The molecule has 0 aromatic heterocycles. The van der Waals surface area contributed by atoms with E-state index in [0.29, 0.717) is 0 Å². The van der Waals surface area contributed by atoms with Crippen molar-refractivity contribution in [1.29, 1.82) is 0 Å². The van der Waals surface area contributed by atoms with Gasteiger partial charge in [-0.3, -0.25) is 0 Å². The van der Waals surface area contributed by atoms with Crippen molar-refractivity contribution in [2.45, 2.75) is 25.7 Å². The van der Waals surface area contributed by atoms with Gasteiger partial charge in [0.1, 0.15) is 0 Å². The summed E-state index contributed by atoms with van der Waals surface area (Å²) in [5, 5.41) is 0. The van der Waals surface area contributed by atoms with Gasteiger partial charge in [0, 0.05) is 18.8 Å². The van der Waals surface area contributed by atoms with Gasteiger partial charge in [-0.05, 0) is 25.8 Å². The quantitative estimate of drug-likeness (QED) is 0.526. The summed E-state index contributed by atoms with van der Waals surface area (Å²) < 4.78 is 0. The zero-order chi connectivity index (χ0) is 9.52. The van der Waals surface area contributed by atoms with Crippen molar-refractivity contribution in [3.05, 3.63) is 12.2 Å². The number of thiol groups is 1. The van der Waals surface area contributed by atoms with Crippen LogP contribution in [0.3, 0.4) is 0 Å². The smallest absolute Gasteiger partial charge is 0.0160 e. The molecule has 0 saturated heterocycles. The van der Waals surface area contributed by atoms with Crippen molar-refractivity contribution in [1.82, 2.24) is 4.90 Å². The van der Waals surface area contributed by atoms with Crippen LogP contribution >= 0.6 is 12.6 Å². The standard InChI is InChI=1S/C11H21NS/c1-12(8-4-5-9-13)10-11-6-2-3-7-11/h4-5,11,13H,2-3,6-10H2,1H3. The molecule has 1 aliphatic rings. The van der Waals surface area contributed by atoms with Gasteiger partial charge in [0.05, 0.1) is 0 Å². The van der Waals surface area contributed by atoms with Gasteiger partial charge in [0.15, 0.2) is 0 Å². The summed E-state index contributed by atoms with van der Waals surface area (Å²) in [4.78, 5) is 2.41. The van der Waals surface area contributed by atoms with Gasteiger partial charge in [-0.2, -0.15) is 12.6 Å². The van der Waals surface area contributed by atoms with Crippen LogP contribution in [0.2, 0.25) is 0 Å².